The molecule has 1 rings (SSSR count). The molecule has 0 spiro atoms. The zero-order valence-electron chi connectivity index (χ0n) is 8.54. The molecule has 0 aliphatic heterocycles. The second-order valence-electron chi connectivity index (χ2n) is 3.01. The molecular formula is C10H10BrN3S. The molecule has 0 aliphatic rings. The van der Waals surface area contributed by atoms with E-state index < -0.39 is 0 Å². The summed E-state index contributed by atoms with van der Waals surface area (Å²) in [6, 6.07) is 2.16. The van der Waals surface area contributed by atoms with Crippen LogP contribution in [0.4, 0.5) is 0 Å². The zero-order valence-corrected chi connectivity index (χ0v) is 10.9. The van der Waals surface area contributed by atoms with Crippen molar-refractivity contribution in [2.75, 3.05) is 5.75 Å². The Morgan fingerprint density at radius 3 is 2.73 bits per heavy atom. The molecule has 78 valence electrons. The van der Waals surface area contributed by atoms with Crippen LogP contribution in [0.25, 0.3) is 0 Å². The highest BCUT2D eigenvalue weighted by Gasteiger charge is 2.10. The normalized spacial score (nSPS) is 9.73. The van der Waals surface area contributed by atoms with Crippen molar-refractivity contribution >= 4 is 27.7 Å². The summed E-state index contributed by atoms with van der Waals surface area (Å²) < 4.78 is 0.872. The molecule has 0 aromatic carbocycles. The zero-order chi connectivity index (χ0) is 11.4. The predicted molar refractivity (Wildman–Crippen MR) is 65.0 cm³/mol. The Balaban J connectivity index is 3.04. The van der Waals surface area contributed by atoms with Crippen LogP contribution in [0, 0.1) is 25.2 Å². The van der Waals surface area contributed by atoms with Crippen LogP contribution in [0.15, 0.2) is 16.1 Å². The van der Waals surface area contributed by atoms with Crippen LogP contribution in [0.2, 0.25) is 0 Å². The van der Waals surface area contributed by atoms with E-state index in [1.807, 2.05) is 13.8 Å². The van der Waals surface area contributed by atoms with E-state index >= 15 is 0 Å². The monoisotopic (exact) mass is 283 g/mol. The first-order valence-corrected chi connectivity index (χ1v) is 6.04. The topological polar surface area (TPSA) is 49.6 Å². The lowest BCUT2D eigenvalue weighted by Gasteiger charge is -2.05. The van der Waals surface area contributed by atoms with Crippen molar-refractivity contribution in [3.8, 4) is 6.07 Å². The molecule has 5 heteroatoms. The molecule has 0 radical (unpaired) electrons. The van der Waals surface area contributed by atoms with Crippen LogP contribution in [-0.4, -0.2) is 16.0 Å². The second kappa shape index (κ2) is 5.29. The third-order valence-corrected chi connectivity index (χ3v) is 3.60. The van der Waals surface area contributed by atoms with Crippen molar-refractivity contribution in [3.63, 3.8) is 0 Å². The maximum absolute atomic E-state index is 9.02. The molecule has 0 amide bonds. The number of hydrogen-bond donors (Lipinski definition) is 0. The molecule has 0 bridgehead atoms. The van der Waals surface area contributed by atoms with E-state index in [1.54, 1.807) is 0 Å². The number of halogens is 1. The molecule has 0 fully saturated rings. The Labute approximate surface area is 102 Å². The van der Waals surface area contributed by atoms with Gasteiger partial charge < -0.3 is 0 Å². The number of thioether (sulfide) groups is 1. The van der Waals surface area contributed by atoms with Crippen LogP contribution in [0.5, 0.6) is 0 Å². The van der Waals surface area contributed by atoms with Gasteiger partial charge in [0.15, 0.2) is 0 Å². The van der Waals surface area contributed by atoms with E-state index in [1.165, 1.54) is 11.8 Å². The standard InChI is InChI=1S/C10H10BrN3S/c1-6(11)5-15-10-9(4-12)7(2)8(3)13-14-10/h1,5H2,2-3H3. The smallest absolute Gasteiger partial charge is 0.137 e. The molecule has 0 atom stereocenters. The summed E-state index contributed by atoms with van der Waals surface area (Å²) in [7, 11) is 0. The lowest BCUT2D eigenvalue weighted by Crippen LogP contribution is -1.99. The fourth-order valence-corrected chi connectivity index (χ4v) is 2.04. The minimum Gasteiger partial charge on any atom is -0.192 e. The number of aromatic nitrogens is 2. The molecule has 15 heavy (non-hydrogen) atoms. The Morgan fingerprint density at radius 2 is 2.20 bits per heavy atom. The molecule has 1 aromatic heterocycles. The van der Waals surface area contributed by atoms with Crippen molar-refractivity contribution in [1.82, 2.24) is 10.2 Å². The third-order valence-electron chi connectivity index (χ3n) is 1.90. The third kappa shape index (κ3) is 3.05. The van der Waals surface area contributed by atoms with E-state index in [0.29, 0.717) is 16.3 Å². The van der Waals surface area contributed by atoms with Gasteiger partial charge in [-0.25, -0.2) is 0 Å². The van der Waals surface area contributed by atoms with Gasteiger partial charge in [0.1, 0.15) is 11.1 Å². The van der Waals surface area contributed by atoms with Gasteiger partial charge in [-0.3, -0.25) is 0 Å². The molecule has 1 heterocycles. The van der Waals surface area contributed by atoms with Gasteiger partial charge >= 0.3 is 0 Å². The highest BCUT2D eigenvalue weighted by Crippen LogP contribution is 2.25. The second-order valence-corrected chi connectivity index (χ2v) is 5.09. The summed E-state index contributed by atoms with van der Waals surface area (Å²) >= 11 is 4.73. The van der Waals surface area contributed by atoms with E-state index in [0.717, 1.165) is 15.7 Å². The number of rotatable bonds is 3. The van der Waals surface area contributed by atoms with Crippen molar-refractivity contribution in [1.29, 1.82) is 5.26 Å². The molecular weight excluding hydrogens is 274 g/mol. The quantitative estimate of drug-likeness (QED) is 0.801. The van der Waals surface area contributed by atoms with Crippen LogP contribution < -0.4 is 0 Å². The van der Waals surface area contributed by atoms with Gasteiger partial charge in [0.25, 0.3) is 0 Å². The highest BCUT2D eigenvalue weighted by molar-refractivity contribution is 9.11. The van der Waals surface area contributed by atoms with E-state index in [4.69, 9.17) is 5.26 Å². The van der Waals surface area contributed by atoms with Gasteiger partial charge in [0.05, 0.1) is 11.3 Å². The van der Waals surface area contributed by atoms with Crippen molar-refractivity contribution < 1.29 is 0 Å². The van der Waals surface area contributed by atoms with Gasteiger partial charge in [-0.1, -0.05) is 34.3 Å². The maximum atomic E-state index is 9.02. The minimum atomic E-state index is 0.612. The van der Waals surface area contributed by atoms with E-state index in [9.17, 15) is 0 Å². The first-order chi connectivity index (χ1) is 7.06. The Hall–Kier alpha value is -0.860. The number of aryl methyl sites for hydroxylation is 1. The van der Waals surface area contributed by atoms with Crippen molar-refractivity contribution in [2.45, 2.75) is 18.9 Å². The van der Waals surface area contributed by atoms with Crippen molar-refractivity contribution in [2.24, 2.45) is 0 Å². The molecule has 0 aliphatic carbocycles. The summed E-state index contributed by atoms with van der Waals surface area (Å²) in [5, 5.41) is 17.7. The molecule has 3 nitrogen and oxygen atoms in total. The summed E-state index contributed by atoms with van der Waals surface area (Å²) in [5.74, 6) is 0.686. The van der Waals surface area contributed by atoms with Crippen LogP contribution in [-0.2, 0) is 0 Å². The minimum absolute atomic E-state index is 0.612. The van der Waals surface area contributed by atoms with Crippen molar-refractivity contribution in [3.05, 3.63) is 27.9 Å². The summed E-state index contributed by atoms with van der Waals surface area (Å²) in [4.78, 5) is 0. The SMILES string of the molecule is C=C(Br)CSc1nnc(C)c(C)c1C#N. The van der Waals surface area contributed by atoms with Gasteiger partial charge in [0.2, 0.25) is 0 Å². The average molecular weight is 284 g/mol. The van der Waals surface area contributed by atoms with E-state index in [-0.39, 0.29) is 0 Å². The molecule has 0 unspecified atom stereocenters. The lowest BCUT2D eigenvalue weighted by atomic mass is 10.1. The Kier molecular flexibility index (Phi) is 4.30. The Morgan fingerprint density at radius 1 is 1.53 bits per heavy atom. The molecule has 1 aromatic rings. The number of hydrogen-bond acceptors (Lipinski definition) is 4. The largest absolute Gasteiger partial charge is 0.192 e. The summed E-state index contributed by atoms with van der Waals surface area (Å²) in [6.45, 7) is 7.46. The van der Waals surface area contributed by atoms with Crippen LogP contribution in [0.1, 0.15) is 16.8 Å². The van der Waals surface area contributed by atoms with Crippen LogP contribution >= 0.6 is 27.7 Å². The average Bonchev–Trinajstić information content (AvgIpc) is 2.19. The van der Waals surface area contributed by atoms with Gasteiger partial charge in [-0.2, -0.15) is 10.4 Å². The first kappa shape index (κ1) is 12.2. The Bertz CT molecular complexity index is 437. The maximum Gasteiger partial charge on any atom is 0.137 e. The highest BCUT2D eigenvalue weighted by atomic mass is 79.9. The molecule has 0 saturated heterocycles. The predicted octanol–water partition coefficient (Wildman–Crippen LogP) is 2.97. The van der Waals surface area contributed by atoms with Gasteiger partial charge in [-0.05, 0) is 23.9 Å². The fraction of sp³-hybridized carbons (Fsp3) is 0.300. The number of nitriles is 1. The fourth-order valence-electron chi connectivity index (χ4n) is 0.966. The first-order valence-electron chi connectivity index (χ1n) is 4.26. The summed E-state index contributed by atoms with van der Waals surface area (Å²) in [6.07, 6.45) is 0. The molecule has 0 saturated carbocycles. The number of nitrogens with zero attached hydrogens (tertiary/aromatic N) is 3. The lowest BCUT2D eigenvalue weighted by molar-refractivity contribution is 0.872. The van der Waals surface area contributed by atoms with Gasteiger partial charge in [-0.15, -0.1) is 5.10 Å². The van der Waals surface area contributed by atoms with Gasteiger partial charge in [0, 0.05) is 5.75 Å². The summed E-state index contributed by atoms with van der Waals surface area (Å²) in [5.41, 5.74) is 2.31. The molecule has 0 N–H and O–H groups in total. The van der Waals surface area contributed by atoms with E-state index in [2.05, 4.69) is 38.8 Å². The van der Waals surface area contributed by atoms with Crippen LogP contribution in [0.3, 0.4) is 0 Å².